The zero-order chi connectivity index (χ0) is 14.0. The number of nitrogens with zero attached hydrogens (tertiary/aromatic N) is 1. The molecule has 1 unspecified atom stereocenters. The summed E-state index contributed by atoms with van der Waals surface area (Å²) in [6.45, 7) is 6.21. The van der Waals surface area contributed by atoms with Crippen LogP contribution in [0.3, 0.4) is 0 Å². The maximum absolute atomic E-state index is 12.5. The first-order valence-electron chi connectivity index (χ1n) is 5.64. The zero-order valence-electron chi connectivity index (χ0n) is 10.7. The van der Waals surface area contributed by atoms with Crippen LogP contribution < -0.4 is 11.1 Å². The van der Waals surface area contributed by atoms with Gasteiger partial charge >= 0.3 is 6.18 Å². The van der Waals surface area contributed by atoms with Gasteiger partial charge in [-0.15, -0.1) is 0 Å². The molecule has 0 fully saturated rings. The summed E-state index contributed by atoms with van der Waals surface area (Å²) in [6, 6.07) is 1.79. The highest BCUT2D eigenvalue weighted by Gasteiger charge is 2.31. The molecule has 1 atom stereocenters. The number of anilines is 1. The van der Waals surface area contributed by atoms with Gasteiger partial charge in [-0.3, -0.25) is 0 Å². The minimum Gasteiger partial charge on any atom is -0.366 e. The lowest BCUT2D eigenvalue weighted by Gasteiger charge is -2.30. The van der Waals surface area contributed by atoms with Gasteiger partial charge in [0.1, 0.15) is 5.82 Å². The molecule has 0 spiro atoms. The van der Waals surface area contributed by atoms with E-state index in [0.717, 1.165) is 18.3 Å². The summed E-state index contributed by atoms with van der Waals surface area (Å²) in [6.07, 6.45) is -3.22. The number of hydrogen-bond acceptors (Lipinski definition) is 3. The van der Waals surface area contributed by atoms with Crippen LogP contribution in [0.1, 0.15) is 26.3 Å². The molecule has 0 aliphatic carbocycles. The average molecular weight is 261 g/mol. The first kappa shape index (κ1) is 14.8. The lowest BCUT2D eigenvalue weighted by molar-refractivity contribution is -0.137. The normalized spacial score (nSPS) is 14.4. The second-order valence-electron chi connectivity index (χ2n) is 5.23. The SMILES string of the molecule is CC(C)(C)C(CN)Nc1cc(C(F)(F)F)ccn1. The van der Waals surface area contributed by atoms with Crippen LogP contribution in [0.4, 0.5) is 19.0 Å². The van der Waals surface area contributed by atoms with Gasteiger partial charge in [-0.2, -0.15) is 13.2 Å². The summed E-state index contributed by atoms with van der Waals surface area (Å²) in [5, 5.41) is 2.94. The van der Waals surface area contributed by atoms with E-state index in [9.17, 15) is 13.2 Å². The van der Waals surface area contributed by atoms with Crippen LogP contribution in [-0.4, -0.2) is 17.6 Å². The van der Waals surface area contributed by atoms with Gasteiger partial charge in [0, 0.05) is 18.8 Å². The largest absolute Gasteiger partial charge is 0.416 e. The number of halogens is 3. The maximum atomic E-state index is 12.5. The Bertz CT molecular complexity index is 396. The smallest absolute Gasteiger partial charge is 0.366 e. The molecule has 0 aliphatic heterocycles. The lowest BCUT2D eigenvalue weighted by atomic mass is 9.87. The van der Waals surface area contributed by atoms with Gasteiger partial charge in [0.05, 0.1) is 5.56 Å². The molecule has 1 aromatic heterocycles. The fourth-order valence-electron chi connectivity index (χ4n) is 1.49. The summed E-state index contributed by atoms with van der Waals surface area (Å²) < 4.78 is 37.6. The van der Waals surface area contributed by atoms with Crippen LogP contribution >= 0.6 is 0 Å². The number of pyridine rings is 1. The highest BCUT2D eigenvalue weighted by atomic mass is 19.4. The van der Waals surface area contributed by atoms with E-state index in [2.05, 4.69) is 10.3 Å². The predicted molar refractivity (Wildman–Crippen MR) is 65.2 cm³/mol. The predicted octanol–water partition coefficient (Wildman–Crippen LogP) is 2.89. The van der Waals surface area contributed by atoms with Crippen LogP contribution in [0.25, 0.3) is 0 Å². The molecule has 0 radical (unpaired) electrons. The molecule has 1 rings (SSSR count). The van der Waals surface area contributed by atoms with E-state index >= 15 is 0 Å². The lowest BCUT2D eigenvalue weighted by Crippen LogP contribution is -2.40. The molecule has 6 heteroatoms. The van der Waals surface area contributed by atoms with Gasteiger partial charge in [-0.05, 0) is 17.5 Å². The van der Waals surface area contributed by atoms with E-state index < -0.39 is 11.7 Å². The Morgan fingerprint density at radius 2 is 1.94 bits per heavy atom. The standard InChI is InChI=1S/C12H18F3N3/c1-11(2,3)9(7-16)18-10-6-8(4-5-17-10)12(13,14)15/h4-6,9H,7,16H2,1-3H3,(H,17,18). The highest BCUT2D eigenvalue weighted by molar-refractivity contribution is 5.40. The van der Waals surface area contributed by atoms with Gasteiger partial charge < -0.3 is 11.1 Å². The molecule has 1 aromatic rings. The van der Waals surface area contributed by atoms with Gasteiger partial charge in [0.25, 0.3) is 0 Å². The van der Waals surface area contributed by atoms with Gasteiger partial charge in [-0.1, -0.05) is 20.8 Å². The molecule has 18 heavy (non-hydrogen) atoms. The van der Waals surface area contributed by atoms with Crippen molar-refractivity contribution in [2.45, 2.75) is 33.0 Å². The molecule has 0 bridgehead atoms. The summed E-state index contributed by atoms with van der Waals surface area (Å²) in [4.78, 5) is 3.89. The summed E-state index contributed by atoms with van der Waals surface area (Å²) in [5.41, 5.74) is 4.74. The van der Waals surface area contributed by atoms with Crippen molar-refractivity contribution in [2.75, 3.05) is 11.9 Å². The Hall–Kier alpha value is -1.30. The summed E-state index contributed by atoms with van der Waals surface area (Å²) in [7, 11) is 0. The molecule has 0 amide bonds. The average Bonchev–Trinajstić information content (AvgIpc) is 2.23. The van der Waals surface area contributed by atoms with Crippen LogP contribution in [-0.2, 0) is 6.18 Å². The maximum Gasteiger partial charge on any atom is 0.416 e. The van der Waals surface area contributed by atoms with Crippen LogP contribution in [0, 0.1) is 5.41 Å². The number of rotatable bonds is 3. The molecule has 102 valence electrons. The van der Waals surface area contributed by atoms with Crippen molar-refractivity contribution >= 4 is 5.82 Å². The third-order valence-corrected chi connectivity index (χ3v) is 2.69. The number of nitrogens with one attached hydrogen (secondary N) is 1. The molecule has 0 saturated heterocycles. The van der Waals surface area contributed by atoms with Crippen molar-refractivity contribution in [3.63, 3.8) is 0 Å². The molecule has 0 saturated carbocycles. The number of alkyl halides is 3. The van der Waals surface area contributed by atoms with E-state index in [4.69, 9.17) is 5.73 Å². The molecular weight excluding hydrogens is 243 g/mol. The van der Waals surface area contributed by atoms with E-state index in [-0.39, 0.29) is 17.3 Å². The Labute approximate surface area is 105 Å². The Morgan fingerprint density at radius 3 is 2.39 bits per heavy atom. The van der Waals surface area contributed by atoms with E-state index in [1.807, 2.05) is 20.8 Å². The number of hydrogen-bond donors (Lipinski definition) is 2. The molecule has 1 heterocycles. The highest BCUT2D eigenvalue weighted by Crippen LogP contribution is 2.30. The number of aromatic nitrogens is 1. The Balaban J connectivity index is 2.92. The molecule has 0 aliphatic rings. The fraction of sp³-hybridized carbons (Fsp3) is 0.583. The van der Waals surface area contributed by atoms with Crippen molar-refractivity contribution < 1.29 is 13.2 Å². The minimum atomic E-state index is -4.36. The molecular formula is C12H18F3N3. The third kappa shape index (κ3) is 3.87. The molecule has 0 aromatic carbocycles. The first-order valence-corrected chi connectivity index (χ1v) is 5.64. The molecule has 3 N–H and O–H groups in total. The van der Waals surface area contributed by atoms with Gasteiger partial charge in [0.2, 0.25) is 0 Å². The third-order valence-electron chi connectivity index (χ3n) is 2.69. The topological polar surface area (TPSA) is 50.9 Å². The van der Waals surface area contributed by atoms with E-state index in [1.54, 1.807) is 0 Å². The van der Waals surface area contributed by atoms with Crippen LogP contribution in [0.5, 0.6) is 0 Å². The zero-order valence-corrected chi connectivity index (χ0v) is 10.7. The van der Waals surface area contributed by atoms with Gasteiger partial charge in [-0.25, -0.2) is 4.98 Å². The van der Waals surface area contributed by atoms with E-state index in [0.29, 0.717) is 6.54 Å². The number of nitrogens with two attached hydrogens (primary N) is 1. The van der Waals surface area contributed by atoms with Crippen molar-refractivity contribution in [1.82, 2.24) is 4.98 Å². The summed E-state index contributed by atoms with van der Waals surface area (Å²) >= 11 is 0. The van der Waals surface area contributed by atoms with Crippen LogP contribution in [0.2, 0.25) is 0 Å². The van der Waals surface area contributed by atoms with Gasteiger partial charge in [0.15, 0.2) is 0 Å². The second kappa shape index (κ2) is 5.14. The van der Waals surface area contributed by atoms with Crippen molar-refractivity contribution in [1.29, 1.82) is 0 Å². The quantitative estimate of drug-likeness (QED) is 0.879. The van der Waals surface area contributed by atoms with Crippen molar-refractivity contribution in [3.8, 4) is 0 Å². The minimum absolute atomic E-state index is 0.145. The Morgan fingerprint density at radius 1 is 1.33 bits per heavy atom. The monoisotopic (exact) mass is 261 g/mol. The fourth-order valence-corrected chi connectivity index (χ4v) is 1.49. The molecule has 3 nitrogen and oxygen atoms in total. The van der Waals surface area contributed by atoms with Crippen molar-refractivity contribution in [3.05, 3.63) is 23.9 Å². The first-order chi connectivity index (χ1) is 8.14. The van der Waals surface area contributed by atoms with Crippen molar-refractivity contribution in [2.24, 2.45) is 11.1 Å². The summed E-state index contributed by atoms with van der Waals surface area (Å²) in [5.74, 6) is 0.190. The van der Waals surface area contributed by atoms with Crippen LogP contribution in [0.15, 0.2) is 18.3 Å². The second-order valence-corrected chi connectivity index (χ2v) is 5.23. The Kier molecular flexibility index (Phi) is 4.21. The van der Waals surface area contributed by atoms with E-state index in [1.165, 1.54) is 0 Å².